The van der Waals surface area contributed by atoms with Gasteiger partial charge in [-0.15, -0.1) is 0 Å². The Balaban J connectivity index is 1.96. The number of hydrogen-bond donors (Lipinski definition) is 1. The second-order valence-electron chi connectivity index (χ2n) is 9.13. The summed E-state index contributed by atoms with van der Waals surface area (Å²) in [7, 11) is -5.16. The lowest BCUT2D eigenvalue weighted by molar-refractivity contribution is -0.259. The fourth-order valence-corrected chi connectivity index (χ4v) is 6.39. The summed E-state index contributed by atoms with van der Waals surface area (Å²) in [5.41, 5.74) is -3.52. The molecule has 2 saturated carbocycles. The number of carbonyl (C=O) groups is 3. The first-order chi connectivity index (χ1) is 14.5. The van der Waals surface area contributed by atoms with Gasteiger partial charge in [0.15, 0.2) is 0 Å². The van der Waals surface area contributed by atoms with Crippen molar-refractivity contribution in [2.75, 3.05) is 5.75 Å². The van der Waals surface area contributed by atoms with Crippen LogP contribution in [0, 0.1) is 23.7 Å². The van der Waals surface area contributed by atoms with Crippen molar-refractivity contribution in [1.29, 1.82) is 0 Å². The standard InChI is InChI=1S/C19H26F3NO8S/c1-5-11(24)30-15-10-6-9-12(16(25)23(8(2)3)14(9)15)13(10)17(26)31-18(4,19(20,21)22)7-32(27,28)29/h8-10,12-15H,5-7H2,1-4H3,(H,27,28,29). The van der Waals surface area contributed by atoms with Crippen LogP contribution in [0.5, 0.6) is 0 Å². The van der Waals surface area contributed by atoms with E-state index >= 15 is 0 Å². The third-order valence-electron chi connectivity index (χ3n) is 6.68. The molecule has 3 aliphatic rings. The maximum absolute atomic E-state index is 13.6. The lowest BCUT2D eigenvalue weighted by Gasteiger charge is -2.37. The van der Waals surface area contributed by atoms with Crippen LogP contribution in [0.3, 0.4) is 0 Å². The van der Waals surface area contributed by atoms with E-state index in [4.69, 9.17) is 9.29 Å². The van der Waals surface area contributed by atoms with Crippen molar-refractivity contribution in [3.8, 4) is 0 Å². The minimum atomic E-state index is -5.31. The van der Waals surface area contributed by atoms with Crippen LogP contribution < -0.4 is 0 Å². The first-order valence-electron chi connectivity index (χ1n) is 10.3. The zero-order valence-corrected chi connectivity index (χ0v) is 18.8. The summed E-state index contributed by atoms with van der Waals surface area (Å²) in [4.78, 5) is 39.6. The number of halogens is 3. The first-order valence-corrected chi connectivity index (χ1v) is 11.9. The van der Waals surface area contributed by atoms with Crippen molar-refractivity contribution < 1.29 is 50.0 Å². The van der Waals surface area contributed by atoms with Crippen LogP contribution in [0.4, 0.5) is 13.2 Å². The molecule has 0 radical (unpaired) electrons. The molecule has 2 bridgehead atoms. The van der Waals surface area contributed by atoms with Crippen LogP contribution in [-0.2, 0) is 34.0 Å². The maximum atomic E-state index is 13.6. The van der Waals surface area contributed by atoms with E-state index in [1.807, 2.05) is 0 Å². The van der Waals surface area contributed by atoms with Gasteiger partial charge in [0, 0.05) is 18.4 Å². The fraction of sp³-hybridized carbons (Fsp3) is 0.842. The topological polar surface area (TPSA) is 127 Å². The zero-order chi connectivity index (χ0) is 24.4. The van der Waals surface area contributed by atoms with Crippen LogP contribution >= 0.6 is 0 Å². The minimum absolute atomic E-state index is 0.0370. The van der Waals surface area contributed by atoms with Crippen LogP contribution in [-0.4, -0.2) is 71.4 Å². The van der Waals surface area contributed by atoms with Crippen molar-refractivity contribution in [1.82, 2.24) is 4.90 Å². The molecule has 7 atom stereocenters. The van der Waals surface area contributed by atoms with Crippen molar-refractivity contribution in [3.63, 3.8) is 0 Å². The van der Waals surface area contributed by atoms with E-state index in [1.165, 1.54) is 4.90 Å². The van der Waals surface area contributed by atoms with Crippen LogP contribution in [0.15, 0.2) is 0 Å². The van der Waals surface area contributed by atoms with Gasteiger partial charge in [-0.1, -0.05) is 6.92 Å². The molecule has 3 fully saturated rings. The molecule has 0 aromatic carbocycles. The molecule has 0 aromatic heterocycles. The van der Waals surface area contributed by atoms with Crippen molar-refractivity contribution in [2.45, 2.75) is 70.5 Å². The molecule has 0 spiro atoms. The number of nitrogens with zero attached hydrogens (tertiary/aromatic N) is 1. The molecular formula is C19H26F3NO8S. The molecule has 7 unspecified atom stereocenters. The van der Waals surface area contributed by atoms with Gasteiger partial charge in [-0.2, -0.15) is 21.6 Å². The SMILES string of the molecule is CCC(=O)OC1C2CC3C(C(=O)N(C(C)C)C31)C2C(=O)OC(C)(CS(=O)(=O)O)C(F)(F)F. The van der Waals surface area contributed by atoms with Gasteiger partial charge in [-0.05, 0) is 33.1 Å². The van der Waals surface area contributed by atoms with Crippen molar-refractivity contribution >= 4 is 28.0 Å². The van der Waals surface area contributed by atoms with Gasteiger partial charge >= 0.3 is 18.1 Å². The van der Waals surface area contributed by atoms with E-state index in [-0.39, 0.29) is 18.9 Å². The van der Waals surface area contributed by atoms with Gasteiger partial charge in [0.2, 0.25) is 11.5 Å². The Bertz CT molecular complexity index is 920. The number of fused-ring (bicyclic) bond motifs is 1. The Labute approximate surface area is 183 Å². The maximum Gasteiger partial charge on any atom is 0.429 e. The summed E-state index contributed by atoms with van der Waals surface area (Å²) in [6.07, 6.45) is -5.87. The number of alkyl halides is 3. The predicted molar refractivity (Wildman–Crippen MR) is 101 cm³/mol. The molecule has 1 saturated heterocycles. The van der Waals surface area contributed by atoms with E-state index in [0.29, 0.717) is 6.92 Å². The van der Waals surface area contributed by atoms with Crippen LogP contribution in [0.25, 0.3) is 0 Å². The molecule has 13 heteroatoms. The first kappa shape index (κ1) is 24.7. The van der Waals surface area contributed by atoms with Gasteiger partial charge in [0.25, 0.3) is 10.1 Å². The number of hydrogen-bond acceptors (Lipinski definition) is 7. The molecule has 1 N–H and O–H groups in total. The Morgan fingerprint density at radius 2 is 1.84 bits per heavy atom. The number of amides is 1. The molecule has 1 amide bonds. The van der Waals surface area contributed by atoms with Crippen molar-refractivity contribution in [2.24, 2.45) is 23.7 Å². The molecule has 32 heavy (non-hydrogen) atoms. The van der Waals surface area contributed by atoms with E-state index in [9.17, 15) is 36.0 Å². The average molecular weight is 485 g/mol. The highest BCUT2D eigenvalue weighted by Crippen LogP contribution is 2.60. The summed E-state index contributed by atoms with van der Waals surface area (Å²) in [5, 5.41) is 0. The monoisotopic (exact) mass is 485 g/mol. The lowest BCUT2D eigenvalue weighted by atomic mass is 9.78. The van der Waals surface area contributed by atoms with Gasteiger partial charge in [0.1, 0.15) is 11.9 Å². The third kappa shape index (κ3) is 3.97. The number of esters is 2. The van der Waals surface area contributed by atoms with Gasteiger partial charge in [0.05, 0.1) is 17.9 Å². The normalized spacial score (nSPS) is 33.5. The Morgan fingerprint density at radius 1 is 1.25 bits per heavy atom. The predicted octanol–water partition coefficient (Wildman–Crippen LogP) is 1.56. The van der Waals surface area contributed by atoms with E-state index < -0.39 is 81.3 Å². The van der Waals surface area contributed by atoms with E-state index in [1.54, 1.807) is 20.8 Å². The summed E-state index contributed by atoms with van der Waals surface area (Å²) in [5.74, 6) is -7.71. The number of carbonyl (C=O) groups excluding carboxylic acids is 3. The highest BCUT2D eigenvalue weighted by molar-refractivity contribution is 7.85. The molecule has 9 nitrogen and oxygen atoms in total. The molecule has 1 heterocycles. The second-order valence-corrected chi connectivity index (χ2v) is 10.6. The minimum Gasteiger partial charge on any atom is -0.460 e. The Kier molecular flexibility index (Phi) is 6.08. The third-order valence-corrected chi connectivity index (χ3v) is 7.60. The van der Waals surface area contributed by atoms with Gasteiger partial charge in [-0.25, -0.2) is 0 Å². The number of rotatable bonds is 7. The average Bonchev–Trinajstić information content (AvgIpc) is 3.21. The molecule has 182 valence electrons. The molecule has 1 aliphatic heterocycles. The second kappa shape index (κ2) is 7.86. The summed E-state index contributed by atoms with van der Waals surface area (Å²) >= 11 is 0. The molecule has 2 aliphatic carbocycles. The van der Waals surface area contributed by atoms with Gasteiger partial charge in [-0.3, -0.25) is 18.9 Å². The number of likely N-dealkylation sites (tertiary alicyclic amines) is 1. The van der Waals surface area contributed by atoms with Gasteiger partial charge < -0.3 is 14.4 Å². The lowest BCUT2D eigenvalue weighted by Crippen LogP contribution is -2.54. The number of ether oxygens (including phenoxy) is 2. The Hall–Kier alpha value is -1.89. The highest BCUT2D eigenvalue weighted by atomic mass is 32.2. The van der Waals surface area contributed by atoms with E-state index in [0.717, 1.165) is 0 Å². The highest BCUT2D eigenvalue weighted by Gasteiger charge is 2.72. The van der Waals surface area contributed by atoms with Crippen molar-refractivity contribution in [3.05, 3.63) is 0 Å². The van der Waals surface area contributed by atoms with Crippen LogP contribution in [0.2, 0.25) is 0 Å². The summed E-state index contributed by atoms with van der Waals surface area (Å²) in [6, 6.07) is -0.778. The quantitative estimate of drug-likeness (QED) is 0.425. The Morgan fingerprint density at radius 3 is 2.31 bits per heavy atom. The largest absolute Gasteiger partial charge is 0.460 e. The fourth-order valence-electron chi connectivity index (χ4n) is 5.47. The smallest absolute Gasteiger partial charge is 0.429 e. The molecule has 3 rings (SSSR count). The zero-order valence-electron chi connectivity index (χ0n) is 18.0. The van der Waals surface area contributed by atoms with E-state index in [2.05, 4.69) is 4.74 Å². The van der Waals surface area contributed by atoms with Crippen LogP contribution in [0.1, 0.15) is 40.5 Å². The molecular weight excluding hydrogens is 459 g/mol. The summed E-state index contributed by atoms with van der Waals surface area (Å²) in [6.45, 7) is 5.40. The summed E-state index contributed by atoms with van der Waals surface area (Å²) < 4.78 is 82.3. The molecule has 0 aromatic rings.